The molecule has 0 bridgehead atoms. The Hall–Kier alpha value is -3.22. The summed E-state index contributed by atoms with van der Waals surface area (Å²) in [6.45, 7) is 3.32. The highest BCUT2D eigenvalue weighted by atomic mass is 19.1. The Bertz CT molecular complexity index is 1010. The van der Waals surface area contributed by atoms with E-state index < -0.39 is 5.82 Å². The summed E-state index contributed by atoms with van der Waals surface area (Å²) < 4.78 is 19.8. The van der Waals surface area contributed by atoms with Gasteiger partial charge >= 0.3 is 0 Å². The van der Waals surface area contributed by atoms with Crippen LogP contribution in [0, 0.1) is 5.82 Å². The smallest absolute Gasteiger partial charge is 0.219 e. The van der Waals surface area contributed by atoms with E-state index in [-0.39, 0.29) is 17.5 Å². The standard InChI is InChI=1S/C21H21FN4O2/c1-14(27)25(2)16-8-10-26(13-16)15-3-5-17(6-4-15)28-20-7-9-24-21-18(20)11-23-12-19(21)22/h3-7,9,11-12,16H,8,10,13H2,1-2H3/t16-/m0/s1. The molecule has 144 valence electrons. The largest absolute Gasteiger partial charge is 0.457 e. The van der Waals surface area contributed by atoms with Gasteiger partial charge in [-0.25, -0.2) is 4.39 Å². The summed E-state index contributed by atoms with van der Waals surface area (Å²) in [7, 11) is 1.85. The van der Waals surface area contributed by atoms with E-state index in [9.17, 15) is 9.18 Å². The molecule has 1 aliphatic heterocycles. The average Bonchev–Trinajstić information content (AvgIpc) is 3.19. The Kier molecular flexibility index (Phi) is 4.81. The third-order valence-corrected chi connectivity index (χ3v) is 5.21. The lowest BCUT2D eigenvalue weighted by Crippen LogP contribution is -2.37. The molecule has 7 heteroatoms. The Balaban J connectivity index is 1.49. The number of benzene rings is 1. The number of carbonyl (C=O) groups is 1. The quantitative estimate of drug-likeness (QED) is 0.692. The lowest BCUT2D eigenvalue weighted by molar-refractivity contribution is -0.129. The molecule has 0 N–H and O–H groups in total. The summed E-state index contributed by atoms with van der Waals surface area (Å²) in [4.78, 5) is 23.6. The topological polar surface area (TPSA) is 58.6 Å². The second-order valence-corrected chi connectivity index (χ2v) is 6.94. The van der Waals surface area contributed by atoms with Gasteiger partial charge in [0.2, 0.25) is 5.91 Å². The van der Waals surface area contributed by atoms with Gasteiger partial charge in [-0.05, 0) is 36.8 Å². The van der Waals surface area contributed by atoms with Crippen molar-refractivity contribution in [3.63, 3.8) is 0 Å². The van der Waals surface area contributed by atoms with Crippen molar-refractivity contribution < 1.29 is 13.9 Å². The zero-order chi connectivity index (χ0) is 19.7. The first-order valence-electron chi connectivity index (χ1n) is 9.17. The summed E-state index contributed by atoms with van der Waals surface area (Å²) in [5, 5.41) is 0.529. The van der Waals surface area contributed by atoms with Crippen molar-refractivity contribution in [1.29, 1.82) is 0 Å². The van der Waals surface area contributed by atoms with E-state index in [0.29, 0.717) is 16.9 Å². The molecule has 3 heterocycles. The normalized spacial score (nSPS) is 16.4. The van der Waals surface area contributed by atoms with Crippen LogP contribution in [0.2, 0.25) is 0 Å². The minimum absolute atomic E-state index is 0.0890. The van der Waals surface area contributed by atoms with E-state index in [0.717, 1.165) is 31.4 Å². The van der Waals surface area contributed by atoms with Gasteiger partial charge in [0, 0.05) is 45.1 Å². The second-order valence-electron chi connectivity index (χ2n) is 6.94. The Labute approximate surface area is 162 Å². The molecule has 1 fully saturated rings. The second kappa shape index (κ2) is 7.42. The van der Waals surface area contributed by atoms with Crippen LogP contribution < -0.4 is 9.64 Å². The average molecular weight is 380 g/mol. The Morgan fingerprint density at radius 2 is 2.04 bits per heavy atom. The van der Waals surface area contributed by atoms with Crippen molar-refractivity contribution in [1.82, 2.24) is 14.9 Å². The molecule has 6 nitrogen and oxygen atoms in total. The molecule has 2 aromatic heterocycles. The fourth-order valence-electron chi connectivity index (χ4n) is 3.50. The lowest BCUT2D eigenvalue weighted by atomic mass is 10.2. The zero-order valence-electron chi connectivity index (χ0n) is 15.8. The van der Waals surface area contributed by atoms with Crippen LogP contribution in [0.4, 0.5) is 10.1 Å². The van der Waals surface area contributed by atoms with Crippen LogP contribution in [0.5, 0.6) is 11.5 Å². The van der Waals surface area contributed by atoms with Crippen LogP contribution in [0.25, 0.3) is 10.9 Å². The van der Waals surface area contributed by atoms with E-state index in [1.165, 1.54) is 6.20 Å². The van der Waals surface area contributed by atoms with Gasteiger partial charge in [0.15, 0.2) is 5.82 Å². The highest BCUT2D eigenvalue weighted by Gasteiger charge is 2.27. The minimum atomic E-state index is -0.475. The number of nitrogens with zero attached hydrogens (tertiary/aromatic N) is 4. The van der Waals surface area contributed by atoms with Gasteiger partial charge in [-0.2, -0.15) is 0 Å². The molecule has 0 radical (unpaired) electrons. The van der Waals surface area contributed by atoms with Crippen LogP contribution in [0.15, 0.2) is 48.9 Å². The summed E-state index contributed by atoms with van der Waals surface area (Å²) in [5.41, 5.74) is 1.32. The predicted molar refractivity (Wildman–Crippen MR) is 105 cm³/mol. The molecular formula is C21H21FN4O2. The number of aromatic nitrogens is 2. The maximum absolute atomic E-state index is 13.9. The number of likely N-dealkylation sites (N-methyl/N-ethyl adjacent to an activating group) is 1. The molecule has 3 aromatic rings. The Morgan fingerprint density at radius 1 is 1.25 bits per heavy atom. The summed E-state index contributed by atoms with van der Waals surface area (Å²) in [6, 6.07) is 9.69. The van der Waals surface area contributed by atoms with E-state index in [2.05, 4.69) is 14.9 Å². The molecular weight excluding hydrogens is 359 g/mol. The number of halogens is 1. The maximum atomic E-state index is 13.9. The SMILES string of the molecule is CC(=O)N(C)[C@H]1CCN(c2ccc(Oc3ccnc4c(F)cncc34)cc2)C1. The van der Waals surface area contributed by atoms with E-state index in [1.54, 1.807) is 24.1 Å². The number of anilines is 1. The molecule has 1 saturated heterocycles. The molecule has 4 rings (SSSR count). The zero-order valence-corrected chi connectivity index (χ0v) is 15.8. The van der Waals surface area contributed by atoms with Crippen LogP contribution in [-0.4, -0.2) is 47.0 Å². The van der Waals surface area contributed by atoms with Crippen molar-refractivity contribution >= 4 is 22.5 Å². The maximum Gasteiger partial charge on any atom is 0.219 e. The van der Waals surface area contributed by atoms with E-state index in [1.807, 2.05) is 31.3 Å². The fourth-order valence-corrected chi connectivity index (χ4v) is 3.50. The molecule has 28 heavy (non-hydrogen) atoms. The van der Waals surface area contributed by atoms with Crippen molar-refractivity contribution in [2.75, 3.05) is 25.0 Å². The predicted octanol–water partition coefficient (Wildman–Crippen LogP) is 3.62. The first-order valence-corrected chi connectivity index (χ1v) is 9.17. The van der Waals surface area contributed by atoms with E-state index >= 15 is 0 Å². The highest BCUT2D eigenvalue weighted by Crippen LogP contribution is 2.31. The van der Waals surface area contributed by atoms with Crippen LogP contribution in [0.1, 0.15) is 13.3 Å². The number of hydrogen-bond donors (Lipinski definition) is 0. The van der Waals surface area contributed by atoms with Gasteiger partial charge in [-0.15, -0.1) is 0 Å². The molecule has 0 spiro atoms. The molecule has 1 amide bonds. The number of amides is 1. The van der Waals surface area contributed by atoms with Crippen molar-refractivity contribution in [2.45, 2.75) is 19.4 Å². The number of fused-ring (bicyclic) bond motifs is 1. The molecule has 0 aliphatic carbocycles. The summed E-state index contributed by atoms with van der Waals surface area (Å²) >= 11 is 0. The number of pyridine rings is 2. The lowest BCUT2D eigenvalue weighted by Gasteiger charge is -2.24. The third-order valence-electron chi connectivity index (χ3n) is 5.21. The summed E-state index contributed by atoms with van der Waals surface area (Å²) in [5.74, 6) is 0.773. The van der Waals surface area contributed by atoms with Crippen molar-refractivity contribution in [2.24, 2.45) is 0 Å². The number of carbonyl (C=O) groups excluding carboxylic acids is 1. The van der Waals surface area contributed by atoms with Crippen LogP contribution >= 0.6 is 0 Å². The first kappa shape index (κ1) is 18.2. The number of rotatable bonds is 4. The van der Waals surface area contributed by atoms with Gasteiger partial charge in [-0.1, -0.05) is 0 Å². The fraction of sp³-hybridized carbons (Fsp3) is 0.286. The van der Waals surface area contributed by atoms with Gasteiger partial charge in [-0.3, -0.25) is 14.8 Å². The van der Waals surface area contributed by atoms with Crippen LogP contribution in [0.3, 0.4) is 0 Å². The van der Waals surface area contributed by atoms with Gasteiger partial charge in [0.05, 0.1) is 17.6 Å². The van der Waals surface area contributed by atoms with Gasteiger partial charge < -0.3 is 14.5 Å². The van der Waals surface area contributed by atoms with Crippen molar-refractivity contribution in [3.8, 4) is 11.5 Å². The van der Waals surface area contributed by atoms with Gasteiger partial charge in [0.25, 0.3) is 0 Å². The molecule has 1 atom stereocenters. The molecule has 0 saturated carbocycles. The minimum Gasteiger partial charge on any atom is -0.457 e. The number of hydrogen-bond acceptors (Lipinski definition) is 5. The number of ether oxygens (including phenoxy) is 1. The monoisotopic (exact) mass is 380 g/mol. The summed E-state index contributed by atoms with van der Waals surface area (Å²) in [6.07, 6.45) is 5.16. The van der Waals surface area contributed by atoms with Crippen LogP contribution in [-0.2, 0) is 4.79 Å². The highest BCUT2D eigenvalue weighted by molar-refractivity contribution is 5.84. The van der Waals surface area contributed by atoms with Crippen molar-refractivity contribution in [3.05, 3.63) is 54.7 Å². The first-order chi connectivity index (χ1) is 13.5. The Morgan fingerprint density at radius 3 is 2.79 bits per heavy atom. The third kappa shape index (κ3) is 3.47. The molecule has 0 unspecified atom stereocenters. The molecule has 1 aliphatic rings. The van der Waals surface area contributed by atoms with E-state index in [4.69, 9.17) is 4.74 Å². The van der Waals surface area contributed by atoms with Gasteiger partial charge in [0.1, 0.15) is 17.0 Å². The molecule has 1 aromatic carbocycles.